The summed E-state index contributed by atoms with van der Waals surface area (Å²) in [7, 11) is 0. The quantitative estimate of drug-likeness (QED) is 0.555. The number of carbonyl (C=O) groups excluding carboxylic acids is 2. The molecule has 0 spiro atoms. The van der Waals surface area contributed by atoms with Crippen LogP contribution in [0.4, 0.5) is 11.4 Å². The molecule has 0 saturated carbocycles. The number of hydrogen-bond acceptors (Lipinski definition) is 2. The van der Waals surface area contributed by atoms with Crippen LogP contribution in [0, 0.1) is 0 Å². The van der Waals surface area contributed by atoms with Crippen molar-refractivity contribution in [2.45, 2.75) is 0 Å². The molecule has 0 atom stereocenters. The van der Waals surface area contributed by atoms with Crippen LogP contribution in [0.2, 0.25) is 0 Å². The SMILES string of the molecule is O=C1Nc2ccccc2/C1=C1\C(=O)[NH2+]c2ccccc21. The molecule has 0 saturated heterocycles. The van der Waals surface area contributed by atoms with Crippen molar-refractivity contribution in [3.63, 3.8) is 0 Å². The molecule has 0 bridgehead atoms. The molecule has 4 heteroatoms. The van der Waals surface area contributed by atoms with Gasteiger partial charge in [-0.05, 0) is 12.1 Å². The van der Waals surface area contributed by atoms with Crippen molar-refractivity contribution in [2.75, 3.05) is 5.32 Å². The highest BCUT2D eigenvalue weighted by Gasteiger charge is 2.38. The number of nitrogens with one attached hydrogen (secondary N) is 1. The molecule has 0 unspecified atom stereocenters. The van der Waals surface area contributed by atoms with Crippen LogP contribution < -0.4 is 10.6 Å². The van der Waals surface area contributed by atoms with Gasteiger partial charge in [-0.15, -0.1) is 0 Å². The number of nitrogens with two attached hydrogens (primary N) is 1. The van der Waals surface area contributed by atoms with Crippen molar-refractivity contribution in [1.82, 2.24) is 0 Å². The van der Waals surface area contributed by atoms with Gasteiger partial charge in [0.2, 0.25) is 0 Å². The van der Waals surface area contributed by atoms with E-state index in [-0.39, 0.29) is 11.8 Å². The average Bonchev–Trinajstić information content (AvgIpc) is 2.94. The summed E-state index contributed by atoms with van der Waals surface area (Å²) >= 11 is 0. The van der Waals surface area contributed by atoms with E-state index in [4.69, 9.17) is 0 Å². The van der Waals surface area contributed by atoms with Crippen LogP contribution in [0.5, 0.6) is 0 Å². The van der Waals surface area contributed by atoms with E-state index in [0.29, 0.717) is 11.1 Å². The molecule has 2 amide bonds. The Morgan fingerprint density at radius 1 is 0.800 bits per heavy atom. The van der Waals surface area contributed by atoms with E-state index in [1.807, 2.05) is 48.5 Å². The Morgan fingerprint density at radius 2 is 1.50 bits per heavy atom. The van der Waals surface area contributed by atoms with Crippen molar-refractivity contribution >= 4 is 34.3 Å². The highest BCUT2D eigenvalue weighted by Crippen LogP contribution is 2.39. The van der Waals surface area contributed by atoms with Gasteiger partial charge in [0, 0.05) is 17.3 Å². The monoisotopic (exact) mass is 263 g/mol. The van der Waals surface area contributed by atoms with Crippen LogP contribution in [-0.2, 0) is 9.59 Å². The van der Waals surface area contributed by atoms with E-state index >= 15 is 0 Å². The number of quaternary nitrogens is 1. The summed E-state index contributed by atoms with van der Waals surface area (Å²) in [6.45, 7) is 0. The standard InChI is InChI=1S/C16H10N2O2/c19-15-13(9-5-1-3-7-11(9)17-15)14-10-6-2-4-8-12(10)18-16(14)20/h1-8H,(H,17,19)(H,18,20)/p+1/b14-13+. The zero-order chi connectivity index (χ0) is 13.7. The van der Waals surface area contributed by atoms with Crippen molar-refractivity contribution in [3.05, 3.63) is 59.7 Å². The van der Waals surface area contributed by atoms with Crippen molar-refractivity contribution in [2.24, 2.45) is 0 Å². The van der Waals surface area contributed by atoms with Crippen molar-refractivity contribution < 1.29 is 14.9 Å². The largest absolute Gasteiger partial charge is 0.349 e. The fourth-order valence-electron chi connectivity index (χ4n) is 2.82. The zero-order valence-electron chi connectivity index (χ0n) is 10.5. The predicted molar refractivity (Wildman–Crippen MR) is 74.9 cm³/mol. The number of primary amides is 1. The molecule has 4 nitrogen and oxygen atoms in total. The predicted octanol–water partition coefficient (Wildman–Crippen LogP) is 1.28. The first-order valence-corrected chi connectivity index (χ1v) is 6.39. The van der Waals surface area contributed by atoms with Gasteiger partial charge in [-0.2, -0.15) is 0 Å². The van der Waals surface area contributed by atoms with E-state index in [1.54, 1.807) is 5.32 Å². The fourth-order valence-corrected chi connectivity index (χ4v) is 2.82. The minimum absolute atomic E-state index is 0.104. The highest BCUT2D eigenvalue weighted by atomic mass is 16.2. The Kier molecular flexibility index (Phi) is 2.16. The van der Waals surface area contributed by atoms with E-state index in [1.165, 1.54) is 0 Å². The molecule has 3 N–H and O–H groups in total. The van der Waals surface area contributed by atoms with Gasteiger partial charge in [-0.25, -0.2) is 10.1 Å². The van der Waals surface area contributed by atoms with E-state index in [9.17, 15) is 9.59 Å². The first-order valence-electron chi connectivity index (χ1n) is 6.39. The Bertz CT molecular complexity index is 738. The van der Waals surface area contributed by atoms with Crippen molar-refractivity contribution in [1.29, 1.82) is 0 Å². The second-order valence-corrected chi connectivity index (χ2v) is 4.85. The molecular formula is C16H11N2O2+. The molecule has 0 aromatic heterocycles. The Balaban J connectivity index is 2.05. The maximum Gasteiger partial charge on any atom is 0.349 e. The molecular weight excluding hydrogens is 252 g/mol. The number of anilines is 1. The topological polar surface area (TPSA) is 62.8 Å². The maximum atomic E-state index is 12.3. The third-order valence-electron chi connectivity index (χ3n) is 3.68. The molecule has 0 radical (unpaired) electrons. The van der Waals surface area contributed by atoms with Gasteiger partial charge in [0.15, 0.2) is 0 Å². The number of amides is 2. The third kappa shape index (κ3) is 1.39. The first kappa shape index (κ1) is 11.1. The van der Waals surface area contributed by atoms with Gasteiger partial charge in [0.05, 0.1) is 11.1 Å². The summed E-state index contributed by atoms with van der Waals surface area (Å²) in [4.78, 5) is 24.5. The van der Waals surface area contributed by atoms with Gasteiger partial charge in [-0.3, -0.25) is 4.79 Å². The summed E-state index contributed by atoms with van der Waals surface area (Å²) in [5, 5.41) is 4.40. The molecule has 4 rings (SSSR count). The lowest BCUT2D eigenvalue weighted by molar-refractivity contribution is -0.472. The lowest BCUT2D eigenvalue weighted by atomic mass is 9.96. The lowest BCUT2D eigenvalue weighted by Gasteiger charge is -2.00. The molecule has 20 heavy (non-hydrogen) atoms. The summed E-state index contributed by atoms with van der Waals surface area (Å²) in [6, 6.07) is 15.0. The fraction of sp³-hybridized carbons (Fsp3) is 0. The van der Waals surface area contributed by atoms with E-state index in [2.05, 4.69) is 5.32 Å². The number of fused-ring (bicyclic) bond motifs is 2. The first-order chi connectivity index (χ1) is 9.75. The van der Waals surface area contributed by atoms with Crippen LogP contribution in [0.1, 0.15) is 11.1 Å². The molecule has 2 aliphatic heterocycles. The number of hydrogen-bond donors (Lipinski definition) is 2. The normalized spacial score (nSPS) is 19.8. The number of rotatable bonds is 0. The van der Waals surface area contributed by atoms with Gasteiger partial charge < -0.3 is 5.32 Å². The van der Waals surface area contributed by atoms with Crippen LogP contribution in [-0.4, -0.2) is 11.8 Å². The molecule has 2 heterocycles. The molecule has 2 aliphatic rings. The Labute approximate surface area is 115 Å². The van der Waals surface area contributed by atoms with Crippen LogP contribution in [0.25, 0.3) is 11.1 Å². The molecule has 0 fully saturated rings. The second-order valence-electron chi connectivity index (χ2n) is 4.85. The van der Waals surface area contributed by atoms with Crippen LogP contribution in [0.3, 0.4) is 0 Å². The minimum atomic E-state index is -0.209. The van der Waals surface area contributed by atoms with Gasteiger partial charge >= 0.3 is 5.91 Å². The molecule has 2 aromatic rings. The van der Waals surface area contributed by atoms with E-state index in [0.717, 1.165) is 22.5 Å². The summed E-state index contributed by atoms with van der Waals surface area (Å²) in [5.41, 5.74) is 4.24. The van der Waals surface area contributed by atoms with Gasteiger partial charge in [0.1, 0.15) is 11.3 Å². The Morgan fingerprint density at radius 3 is 2.35 bits per heavy atom. The zero-order valence-corrected chi connectivity index (χ0v) is 10.5. The second kappa shape index (κ2) is 3.88. The summed E-state index contributed by atoms with van der Waals surface area (Å²) < 4.78 is 0. The van der Waals surface area contributed by atoms with Crippen LogP contribution in [0.15, 0.2) is 48.5 Å². The number of carbonyl (C=O) groups is 2. The van der Waals surface area contributed by atoms with Gasteiger partial charge in [0.25, 0.3) is 5.91 Å². The molecule has 96 valence electrons. The van der Waals surface area contributed by atoms with Crippen molar-refractivity contribution in [3.8, 4) is 0 Å². The van der Waals surface area contributed by atoms with E-state index < -0.39 is 0 Å². The smallest absolute Gasteiger partial charge is 0.321 e. The minimum Gasteiger partial charge on any atom is -0.321 e. The highest BCUT2D eigenvalue weighted by molar-refractivity contribution is 6.45. The maximum absolute atomic E-state index is 12.3. The average molecular weight is 263 g/mol. The third-order valence-corrected chi connectivity index (χ3v) is 3.68. The lowest BCUT2D eigenvalue weighted by Crippen LogP contribution is -2.79. The van der Waals surface area contributed by atoms with Crippen LogP contribution >= 0.6 is 0 Å². The number of para-hydroxylation sites is 2. The number of benzene rings is 2. The molecule has 0 aliphatic carbocycles. The summed E-state index contributed by atoms with van der Waals surface area (Å²) in [5.74, 6) is -0.312. The molecule has 2 aromatic carbocycles. The summed E-state index contributed by atoms with van der Waals surface area (Å²) in [6.07, 6.45) is 0. The van der Waals surface area contributed by atoms with Gasteiger partial charge in [-0.1, -0.05) is 30.3 Å². The Hall–Kier alpha value is -2.72.